The number of aromatic nitrogens is 1. The minimum absolute atomic E-state index is 0.415. The van der Waals surface area contributed by atoms with Crippen LogP contribution in [-0.4, -0.2) is 29.4 Å². The van der Waals surface area contributed by atoms with Crippen LogP contribution in [0.3, 0.4) is 0 Å². The van der Waals surface area contributed by atoms with Crippen molar-refractivity contribution in [2.24, 2.45) is 0 Å². The highest BCUT2D eigenvalue weighted by molar-refractivity contribution is 6.18. The van der Waals surface area contributed by atoms with E-state index >= 15 is 0 Å². The van der Waals surface area contributed by atoms with Gasteiger partial charge in [0.15, 0.2) is 5.58 Å². The molecular weight excluding hydrogens is 228 g/mol. The average molecular weight is 241 g/mol. The Morgan fingerprint density at radius 3 is 3.06 bits per heavy atom. The van der Waals surface area contributed by atoms with Crippen molar-refractivity contribution in [3.05, 3.63) is 34.3 Å². The van der Waals surface area contributed by atoms with Gasteiger partial charge < -0.3 is 9.32 Å². The van der Waals surface area contributed by atoms with Gasteiger partial charge in [0.05, 0.1) is 5.52 Å². The van der Waals surface area contributed by atoms with Crippen LogP contribution in [0.15, 0.2) is 27.4 Å². The minimum Gasteiger partial charge on any atom is -0.408 e. The smallest absolute Gasteiger partial charge is 0.408 e. The molecule has 4 nitrogen and oxygen atoms in total. The summed E-state index contributed by atoms with van der Waals surface area (Å²) >= 11 is 5.65. The zero-order chi connectivity index (χ0) is 11.5. The third-order valence-electron chi connectivity index (χ3n) is 2.40. The lowest BCUT2D eigenvalue weighted by Crippen LogP contribution is -2.19. The van der Waals surface area contributed by atoms with Crippen molar-refractivity contribution in [1.29, 1.82) is 0 Å². The first-order valence-electron chi connectivity index (χ1n) is 5.05. The lowest BCUT2D eigenvalue weighted by atomic mass is 10.2. The van der Waals surface area contributed by atoms with Crippen LogP contribution in [0.4, 0.5) is 0 Å². The van der Waals surface area contributed by atoms with E-state index < -0.39 is 5.76 Å². The fourth-order valence-electron chi connectivity index (χ4n) is 1.62. The first kappa shape index (κ1) is 11.2. The Morgan fingerprint density at radius 2 is 2.31 bits per heavy atom. The number of H-pyrrole nitrogens is 1. The maximum atomic E-state index is 11.0. The molecule has 0 fully saturated rings. The Balaban J connectivity index is 2.22. The van der Waals surface area contributed by atoms with E-state index in [9.17, 15) is 4.79 Å². The van der Waals surface area contributed by atoms with Crippen molar-refractivity contribution in [2.45, 2.75) is 6.54 Å². The topological polar surface area (TPSA) is 49.2 Å². The van der Waals surface area contributed by atoms with Gasteiger partial charge in [-0.1, -0.05) is 6.07 Å². The molecule has 0 aliphatic rings. The average Bonchev–Trinajstić information content (AvgIpc) is 2.57. The molecule has 5 heteroatoms. The summed E-state index contributed by atoms with van der Waals surface area (Å²) in [6.45, 7) is 1.62. The Kier molecular flexibility index (Phi) is 3.31. The van der Waals surface area contributed by atoms with Crippen molar-refractivity contribution in [1.82, 2.24) is 9.88 Å². The van der Waals surface area contributed by atoms with E-state index in [4.69, 9.17) is 16.0 Å². The summed E-state index contributed by atoms with van der Waals surface area (Å²) in [6.07, 6.45) is 0. The van der Waals surface area contributed by atoms with Gasteiger partial charge in [-0.25, -0.2) is 4.79 Å². The van der Waals surface area contributed by atoms with E-state index in [0.717, 1.165) is 24.2 Å². The normalized spacial score (nSPS) is 11.4. The van der Waals surface area contributed by atoms with Gasteiger partial charge in [-0.2, -0.15) is 0 Å². The number of hydrogen-bond donors (Lipinski definition) is 1. The van der Waals surface area contributed by atoms with Gasteiger partial charge >= 0.3 is 5.76 Å². The standard InChI is InChI=1S/C11H13ClN2O2/c1-14(5-4-12)7-8-2-3-9-10(6-8)16-11(15)13-9/h2-3,6H,4-5,7H2,1H3,(H,13,15). The molecule has 2 rings (SSSR count). The molecule has 0 spiro atoms. The van der Waals surface area contributed by atoms with Crippen LogP contribution in [0.2, 0.25) is 0 Å². The molecule has 2 aromatic rings. The van der Waals surface area contributed by atoms with Gasteiger partial charge in [-0.3, -0.25) is 4.98 Å². The summed E-state index contributed by atoms with van der Waals surface area (Å²) in [6, 6.07) is 5.70. The van der Waals surface area contributed by atoms with E-state index in [1.54, 1.807) is 0 Å². The van der Waals surface area contributed by atoms with E-state index in [1.165, 1.54) is 0 Å². The highest BCUT2D eigenvalue weighted by Gasteiger charge is 2.04. The second kappa shape index (κ2) is 4.72. The quantitative estimate of drug-likeness (QED) is 0.829. The molecule has 86 valence electrons. The first-order valence-corrected chi connectivity index (χ1v) is 5.59. The van der Waals surface area contributed by atoms with Gasteiger partial charge in [-0.05, 0) is 24.7 Å². The highest BCUT2D eigenvalue weighted by atomic mass is 35.5. The largest absolute Gasteiger partial charge is 0.417 e. The Hall–Kier alpha value is -1.26. The zero-order valence-electron chi connectivity index (χ0n) is 9.00. The number of alkyl halides is 1. The Morgan fingerprint density at radius 1 is 1.50 bits per heavy atom. The third-order valence-corrected chi connectivity index (χ3v) is 2.57. The fourth-order valence-corrected chi connectivity index (χ4v) is 1.91. The van der Waals surface area contributed by atoms with Gasteiger partial charge in [0.2, 0.25) is 0 Å². The molecule has 0 saturated carbocycles. The second-order valence-corrected chi connectivity index (χ2v) is 4.15. The van der Waals surface area contributed by atoms with Crippen molar-refractivity contribution in [3.8, 4) is 0 Å². The number of oxazole rings is 1. The van der Waals surface area contributed by atoms with E-state index in [-0.39, 0.29) is 0 Å². The molecule has 1 aromatic carbocycles. The van der Waals surface area contributed by atoms with Crippen LogP contribution < -0.4 is 5.76 Å². The lowest BCUT2D eigenvalue weighted by Gasteiger charge is -2.14. The molecule has 0 aliphatic heterocycles. The predicted octanol–water partition coefficient (Wildman–Crippen LogP) is 1.79. The molecule has 0 aliphatic carbocycles. The van der Waals surface area contributed by atoms with Crippen LogP contribution in [-0.2, 0) is 6.54 Å². The number of benzene rings is 1. The number of rotatable bonds is 4. The van der Waals surface area contributed by atoms with Crippen molar-refractivity contribution >= 4 is 22.7 Å². The fraction of sp³-hybridized carbons (Fsp3) is 0.364. The number of halogens is 1. The third kappa shape index (κ3) is 2.46. The molecule has 1 heterocycles. The van der Waals surface area contributed by atoms with Crippen molar-refractivity contribution in [2.75, 3.05) is 19.5 Å². The lowest BCUT2D eigenvalue weighted by molar-refractivity contribution is 0.348. The first-order chi connectivity index (χ1) is 7.69. The Labute approximate surface area is 97.8 Å². The molecule has 1 aromatic heterocycles. The summed E-state index contributed by atoms with van der Waals surface area (Å²) in [5, 5.41) is 0. The molecule has 0 unspecified atom stereocenters. The molecular formula is C11H13ClN2O2. The predicted molar refractivity (Wildman–Crippen MR) is 63.9 cm³/mol. The van der Waals surface area contributed by atoms with Gasteiger partial charge in [-0.15, -0.1) is 11.6 Å². The molecule has 1 N–H and O–H groups in total. The number of nitrogens with zero attached hydrogens (tertiary/aromatic N) is 1. The monoisotopic (exact) mass is 240 g/mol. The number of fused-ring (bicyclic) bond motifs is 1. The van der Waals surface area contributed by atoms with E-state index in [2.05, 4.69) is 9.88 Å². The summed E-state index contributed by atoms with van der Waals surface area (Å²) < 4.78 is 4.99. The molecule has 16 heavy (non-hydrogen) atoms. The van der Waals surface area contributed by atoms with Crippen molar-refractivity contribution < 1.29 is 4.42 Å². The van der Waals surface area contributed by atoms with Crippen LogP contribution >= 0.6 is 11.6 Å². The SMILES string of the molecule is CN(CCCl)Cc1ccc2[nH]c(=O)oc2c1. The summed E-state index contributed by atoms with van der Waals surface area (Å²) in [4.78, 5) is 15.7. The van der Waals surface area contributed by atoms with E-state index in [1.807, 2.05) is 25.2 Å². The minimum atomic E-state index is -0.415. The maximum Gasteiger partial charge on any atom is 0.417 e. The molecule has 0 atom stereocenters. The summed E-state index contributed by atoms with van der Waals surface area (Å²) in [5.74, 6) is 0.194. The summed E-state index contributed by atoms with van der Waals surface area (Å²) in [7, 11) is 2.00. The Bertz CT molecular complexity index is 532. The maximum absolute atomic E-state index is 11.0. The highest BCUT2D eigenvalue weighted by Crippen LogP contribution is 2.13. The molecule has 0 radical (unpaired) electrons. The number of aromatic amines is 1. The van der Waals surface area contributed by atoms with E-state index in [0.29, 0.717) is 11.5 Å². The van der Waals surface area contributed by atoms with Gasteiger partial charge in [0, 0.05) is 19.0 Å². The van der Waals surface area contributed by atoms with Crippen LogP contribution in [0.1, 0.15) is 5.56 Å². The van der Waals surface area contributed by atoms with Crippen LogP contribution in [0, 0.1) is 0 Å². The van der Waals surface area contributed by atoms with Crippen LogP contribution in [0.5, 0.6) is 0 Å². The van der Waals surface area contributed by atoms with Gasteiger partial charge in [0.25, 0.3) is 0 Å². The zero-order valence-corrected chi connectivity index (χ0v) is 9.75. The number of nitrogens with one attached hydrogen (secondary N) is 1. The van der Waals surface area contributed by atoms with Crippen LogP contribution in [0.25, 0.3) is 11.1 Å². The molecule has 0 amide bonds. The van der Waals surface area contributed by atoms with Crippen molar-refractivity contribution in [3.63, 3.8) is 0 Å². The number of hydrogen-bond acceptors (Lipinski definition) is 3. The summed E-state index contributed by atoms with van der Waals surface area (Å²) in [5.41, 5.74) is 2.43. The second-order valence-electron chi connectivity index (χ2n) is 3.77. The van der Waals surface area contributed by atoms with Gasteiger partial charge in [0.1, 0.15) is 0 Å². The molecule has 0 saturated heterocycles. The molecule has 0 bridgehead atoms.